The van der Waals surface area contributed by atoms with Crippen molar-refractivity contribution >= 4 is 21.6 Å². The monoisotopic (exact) mass is 272 g/mol. The molecule has 0 amide bonds. The molecular formula is C11H14BrFN2. The highest BCUT2D eigenvalue weighted by Crippen LogP contribution is 2.31. The van der Waals surface area contributed by atoms with Crippen LogP contribution in [-0.4, -0.2) is 22.9 Å². The van der Waals surface area contributed by atoms with Crippen molar-refractivity contribution in [3.8, 4) is 0 Å². The minimum atomic E-state index is -0.224. The molecule has 0 aromatic carbocycles. The van der Waals surface area contributed by atoms with Gasteiger partial charge in [0.15, 0.2) is 5.82 Å². The molecule has 0 radical (unpaired) electrons. The van der Waals surface area contributed by atoms with Crippen LogP contribution in [0.4, 0.5) is 10.1 Å². The fraction of sp³-hybridized carbons (Fsp3) is 0.545. The van der Waals surface area contributed by atoms with E-state index in [2.05, 4.69) is 32.7 Å². The van der Waals surface area contributed by atoms with Gasteiger partial charge in [0.25, 0.3) is 0 Å². The van der Waals surface area contributed by atoms with E-state index >= 15 is 0 Å². The van der Waals surface area contributed by atoms with Gasteiger partial charge in [-0.25, -0.2) is 4.39 Å². The van der Waals surface area contributed by atoms with Gasteiger partial charge in [-0.2, -0.15) is 0 Å². The van der Waals surface area contributed by atoms with Crippen LogP contribution in [0, 0.1) is 11.7 Å². The molecule has 1 aliphatic heterocycles. The van der Waals surface area contributed by atoms with E-state index in [4.69, 9.17) is 0 Å². The molecule has 2 heterocycles. The number of hydrogen-bond acceptors (Lipinski definition) is 2. The van der Waals surface area contributed by atoms with Crippen LogP contribution in [-0.2, 0) is 0 Å². The second kappa shape index (κ2) is 4.47. The fourth-order valence-electron chi connectivity index (χ4n) is 2.14. The average Bonchev–Trinajstić information content (AvgIpc) is 2.60. The van der Waals surface area contributed by atoms with Crippen LogP contribution in [0.1, 0.15) is 13.3 Å². The van der Waals surface area contributed by atoms with E-state index in [-0.39, 0.29) is 5.82 Å². The topological polar surface area (TPSA) is 16.1 Å². The van der Waals surface area contributed by atoms with Crippen LogP contribution in [0.3, 0.4) is 0 Å². The molecule has 0 bridgehead atoms. The zero-order chi connectivity index (χ0) is 10.8. The Labute approximate surface area is 97.6 Å². The van der Waals surface area contributed by atoms with Crippen LogP contribution in [0.5, 0.6) is 0 Å². The van der Waals surface area contributed by atoms with Gasteiger partial charge >= 0.3 is 0 Å². The lowest BCUT2D eigenvalue weighted by atomic mass is 10.1. The molecular weight excluding hydrogens is 259 g/mol. The van der Waals surface area contributed by atoms with Gasteiger partial charge in [0.05, 0.1) is 11.9 Å². The van der Waals surface area contributed by atoms with Gasteiger partial charge in [0.2, 0.25) is 0 Å². The van der Waals surface area contributed by atoms with E-state index in [1.807, 2.05) is 0 Å². The Morgan fingerprint density at radius 2 is 2.47 bits per heavy atom. The van der Waals surface area contributed by atoms with Gasteiger partial charge in [-0.15, -0.1) is 0 Å². The van der Waals surface area contributed by atoms with Crippen LogP contribution in [0.2, 0.25) is 0 Å². The fourth-order valence-corrected chi connectivity index (χ4v) is 3.13. The first kappa shape index (κ1) is 10.9. The predicted molar refractivity (Wildman–Crippen MR) is 62.9 cm³/mol. The van der Waals surface area contributed by atoms with Crippen LogP contribution in [0.25, 0.3) is 0 Å². The zero-order valence-electron chi connectivity index (χ0n) is 8.66. The Bertz CT molecular complexity index is 345. The molecule has 2 nitrogen and oxygen atoms in total. The highest BCUT2D eigenvalue weighted by molar-refractivity contribution is 9.09. The zero-order valence-corrected chi connectivity index (χ0v) is 10.2. The average molecular weight is 273 g/mol. The molecule has 1 aliphatic rings. The largest absolute Gasteiger partial charge is 0.365 e. The summed E-state index contributed by atoms with van der Waals surface area (Å²) < 4.78 is 13.6. The first-order valence-electron chi connectivity index (χ1n) is 5.16. The number of nitrogens with zero attached hydrogens (tertiary/aromatic N) is 2. The summed E-state index contributed by atoms with van der Waals surface area (Å²) in [5, 5.41) is 0.885. The third-order valence-corrected chi connectivity index (χ3v) is 3.76. The molecule has 2 unspecified atom stereocenters. The standard InChI is InChI=1S/C11H14BrFN2/c1-8-3-5-15(11(8)6-12)10-2-4-14-7-9(10)13/h2,4,7-8,11H,3,5-6H2,1H3. The summed E-state index contributed by atoms with van der Waals surface area (Å²) in [6.07, 6.45) is 4.05. The molecule has 2 rings (SSSR count). The van der Waals surface area contributed by atoms with Crippen molar-refractivity contribution in [3.05, 3.63) is 24.3 Å². The van der Waals surface area contributed by atoms with Gasteiger partial charge in [-0.05, 0) is 18.4 Å². The maximum atomic E-state index is 13.6. The summed E-state index contributed by atoms with van der Waals surface area (Å²) in [6.45, 7) is 3.14. The Morgan fingerprint density at radius 1 is 1.67 bits per heavy atom. The van der Waals surface area contributed by atoms with Crippen molar-refractivity contribution in [1.82, 2.24) is 4.98 Å². The summed E-state index contributed by atoms with van der Waals surface area (Å²) in [4.78, 5) is 5.91. The molecule has 82 valence electrons. The third kappa shape index (κ3) is 2.00. The number of anilines is 1. The molecule has 0 aliphatic carbocycles. The molecule has 0 N–H and O–H groups in total. The van der Waals surface area contributed by atoms with Crippen molar-refractivity contribution in [3.63, 3.8) is 0 Å². The van der Waals surface area contributed by atoms with Crippen molar-refractivity contribution in [2.24, 2.45) is 5.92 Å². The van der Waals surface area contributed by atoms with Crippen molar-refractivity contribution in [2.75, 3.05) is 16.8 Å². The van der Waals surface area contributed by atoms with Crippen LogP contribution >= 0.6 is 15.9 Å². The number of hydrogen-bond donors (Lipinski definition) is 0. The number of aromatic nitrogens is 1. The van der Waals surface area contributed by atoms with E-state index in [9.17, 15) is 4.39 Å². The predicted octanol–water partition coefficient (Wildman–Crippen LogP) is 2.83. The second-order valence-electron chi connectivity index (χ2n) is 4.01. The van der Waals surface area contributed by atoms with Crippen molar-refractivity contribution in [2.45, 2.75) is 19.4 Å². The summed E-state index contributed by atoms with van der Waals surface area (Å²) in [6, 6.07) is 2.14. The van der Waals surface area contributed by atoms with Crippen LogP contribution in [0.15, 0.2) is 18.5 Å². The molecule has 15 heavy (non-hydrogen) atoms. The summed E-state index contributed by atoms with van der Waals surface area (Å²) in [5.74, 6) is 0.384. The Balaban J connectivity index is 2.28. The molecule has 0 spiro atoms. The van der Waals surface area contributed by atoms with Crippen molar-refractivity contribution in [1.29, 1.82) is 0 Å². The quantitative estimate of drug-likeness (QED) is 0.770. The lowest BCUT2D eigenvalue weighted by molar-refractivity contribution is 0.546. The summed E-state index contributed by atoms with van der Waals surface area (Å²) >= 11 is 3.50. The normalized spacial score (nSPS) is 25.9. The van der Waals surface area contributed by atoms with E-state index < -0.39 is 0 Å². The minimum Gasteiger partial charge on any atom is -0.365 e. The van der Waals surface area contributed by atoms with E-state index in [0.717, 1.165) is 18.3 Å². The number of halogens is 2. The molecule has 1 aromatic heterocycles. The van der Waals surface area contributed by atoms with Gasteiger partial charge in [0, 0.05) is 24.1 Å². The Kier molecular flexibility index (Phi) is 3.24. The maximum Gasteiger partial charge on any atom is 0.164 e. The van der Waals surface area contributed by atoms with Crippen molar-refractivity contribution < 1.29 is 4.39 Å². The van der Waals surface area contributed by atoms with Gasteiger partial charge in [0.1, 0.15) is 0 Å². The lowest BCUT2D eigenvalue weighted by Crippen LogP contribution is -2.34. The summed E-state index contributed by atoms with van der Waals surface area (Å²) in [7, 11) is 0. The SMILES string of the molecule is CC1CCN(c2ccncc2F)C1CBr. The Morgan fingerprint density at radius 3 is 3.13 bits per heavy atom. The number of pyridine rings is 1. The van der Waals surface area contributed by atoms with Gasteiger partial charge in [-0.3, -0.25) is 4.98 Å². The maximum absolute atomic E-state index is 13.6. The van der Waals surface area contributed by atoms with Gasteiger partial charge in [-0.1, -0.05) is 22.9 Å². The second-order valence-corrected chi connectivity index (χ2v) is 4.66. The third-order valence-electron chi connectivity index (χ3n) is 3.10. The lowest BCUT2D eigenvalue weighted by Gasteiger charge is -2.27. The smallest absolute Gasteiger partial charge is 0.164 e. The Hall–Kier alpha value is -0.640. The first-order valence-corrected chi connectivity index (χ1v) is 6.28. The van der Waals surface area contributed by atoms with Crippen LogP contribution < -0.4 is 4.90 Å². The van der Waals surface area contributed by atoms with E-state index in [1.54, 1.807) is 12.3 Å². The van der Waals surface area contributed by atoms with Gasteiger partial charge < -0.3 is 4.90 Å². The molecule has 1 aromatic rings. The highest BCUT2D eigenvalue weighted by Gasteiger charge is 2.31. The molecule has 2 atom stereocenters. The van der Waals surface area contributed by atoms with E-state index in [1.165, 1.54) is 6.20 Å². The summed E-state index contributed by atoms with van der Waals surface area (Å²) in [5.41, 5.74) is 0.679. The highest BCUT2D eigenvalue weighted by atomic mass is 79.9. The molecule has 1 saturated heterocycles. The number of rotatable bonds is 2. The molecule has 0 saturated carbocycles. The van der Waals surface area contributed by atoms with E-state index in [0.29, 0.717) is 17.6 Å². The number of alkyl halides is 1. The minimum absolute atomic E-state index is 0.224. The molecule has 4 heteroatoms. The first-order chi connectivity index (χ1) is 7.24. The molecule has 1 fully saturated rings.